The predicted octanol–water partition coefficient (Wildman–Crippen LogP) is 17.5. The van der Waals surface area contributed by atoms with Crippen molar-refractivity contribution in [3.8, 4) is 39.1 Å². The van der Waals surface area contributed by atoms with E-state index in [1.165, 1.54) is 54.5 Å². The molecule has 0 amide bonds. The highest BCUT2D eigenvalue weighted by molar-refractivity contribution is 6.24. The van der Waals surface area contributed by atoms with E-state index in [0.29, 0.717) is 0 Å². The lowest BCUT2D eigenvalue weighted by Crippen LogP contribution is -2.11. The van der Waals surface area contributed by atoms with E-state index in [-0.39, 0.29) is 0 Å². The molecule has 304 valence electrons. The molecule has 13 rings (SSSR count). The number of nitrogens with zero attached hydrogens (tertiary/aromatic N) is 2. The first-order chi connectivity index (χ1) is 32.3. The Balaban J connectivity index is 1.06. The van der Waals surface area contributed by atoms with Gasteiger partial charge in [0.1, 0.15) is 11.2 Å². The van der Waals surface area contributed by atoms with E-state index >= 15 is 0 Å². The smallest absolute Gasteiger partial charge is 0.143 e. The van der Waals surface area contributed by atoms with Crippen LogP contribution in [0.3, 0.4) is 0 Å². The van der Waals surface area contributed by atoms with Crippen LogP contribution in [-0.2, 0) is 0 Å². The van der Waals surface area contributed by atoms with Gasteiger partial charge in [0.05, 0.1) is 16.7 Å². The zero-order chi connectivity index (χ0) is 42.8. The van der Waals surface area contributed by atoms with Crippen LogP contribution in [0.5, 0.6) is 0 Å². The minimum absolute atomic E-state index is 0.892. The maximum absolute atomic E-state index is 6.60. The summed E-state index contributed by atoms with van der Waals surface area (Å²) in [6, 6.07) is 87.7. The van der Waals surface area contributed by atoms with Crippen LogP contribution in [0.25, 0.3) is 104 Å². The summed E-state index contributed by atoms with van der Waals surface area (Å²) in [7, 11) is 0. The lowest BCUT2D eigenvalue weighted by atomic mass is 9.91. The number of para-hydroxylation sites is 4. The van der Waals surface area contributed by atoms with Crippen LogP contribution in [0.2, 0.25) is 0 Å². The van der Waals surface area contributed by atoms with Crippen molar-refractivity contribution in [1.82, 2.24) is 4.57 Å². The summed E-state index contributed by atoms with van der Waals surface area (Å²) in [5.41, 5.74) is 15.4. The summed E-state index contributed by atoms with van der Waals surface area (Å²) in [5, 5.41) is 9.57. The standard InChI is InChI=1S/C62H40N2O/c1-3-17-41(18-4-1)48-29-14-19-43-20-15-30-49(60(43)48)42-35-37-46(38-36-42)63(47-24-13-21-44(39-47)50-31-16-32-54-52-26-10-12-34-59(52)65-62(50)54)57-40-58-61(53-27-8-7-25-51(53)57)55-28-9-11-33-56(55)64(58)45-22-5-2-6-23-45/h1-40H. The molecule has 0 aliphatic rings. The summed E-state index contributed by atoms with van der Waals surface area (Å²) < 4.78 is 9.03. The first-order valence-electron chi connectivity index (χ1n) is 22.3. The zero-order valence-electron chi connectivity index (χ0n) is 35.4. The number of hydrogen-bond donors (Lipinski definition) is 0. The Morgan fingerprint density at radius 1 is 0.338 bits per heavy atom. The minimum Gasteiger partial charge on any atom is -0.455 e. The molecule has 0 spiro atoms. The summed E-state index contributed by atoms with van der Waals surface area (Å²) in [5.74, 6) is 0. The predicted molar refractivity (Wildman–Crippen MR) is 274 cm³/mol. The molecule has 0 aliphatic heterocycles. The number of rotatable bonds is 7. The Labute approximate surface area is 376 Å². The van der Waals surface area contributed by atoms with E-state index < -0.39 is 0 Å². The van der Waals surface area contributed by atoms with Crippen LogP contribution < -0.4 is 4.90 Å². The highest BCUT2D eigenvalue weighted by Crippen LogP contribution is 2.47. The van der Waals surface area contributed by atoms with Crippen molar-refractivity contribution in [2.24, 2.45) is 0 Å². The highest BCUT2D eigenvalue weighted by Gasteiger charge is 2.23. The molecule has 0 aliphatic carbocycles. The van der Waals surface area contributed by atoms with Gasteiger partial charge in [0.25, 0.3) is 0 Å². The van der Waals surface area contributed by atoms with E-state index in [2.05, 4.69) is 246 Å². The third-order valence-electron chi connectivity index (χ3n) is 13.2. The molecule has 3 nitrogen and oxygen atoms in total. The molecule has 65 heavy (non-hydrogen) atoms. The Morgan fingerprint density at radius 2 is 0.923 bits per heavy atom. The van der Waals surface area contributed by atoms with Crippen molar-refractivity contribution < 1.29 is 4.42 Å². The number of fused-ring (bicyclic) bond motifs is 9. The van der Waals surface area contributed by atoms with E-state index in [1.807, 2.05) is 6.07 Å². The molecule has 0 atom stereocenters. The van der Waals surface area contributed by atoms with Crippen molar-refractivity contribution >= 4 is 82.4 Å². The van der Waals surface area contributed by atoms with Gasteiger partial charge in [-0.1, -0.05) is 188 Å². The van der Waals surface area contributed by atoms with Gasteiger partial charge >= 0.3 is 0 Å². The third-order valence-corrected chi connectivity index (χ3v) is 13.2. The largest absolute Gasteiger partial charge is 0.455 e. The number of benzene rings is 11. The van der Waals surface area contributed by atoms with Crippen LogP contribution in [0.15, 0.2) is 247 Å². The number of anilines is 3. The minimum atomic E-state index is 0.892. The molecule has 0 saturated carbocycles. The first kappa shape index (κ1) is 36.9. The van der Waals surface area contributed by atoms with E-state index in [0.717, 1.165) is 66.9 Å². The fourth-order valence-electron chi connectivity index (χ4n) is 10.3. The van der Waals surface area contributed by atoms with Crippen molar-refractivity contribution in [2.45, 2.75) is 0 Å². The molecule has 0 radical (unpaired) electrons. The van der Waals surface area contributed by atoms with E-state index in [9.17, 15) is 0 Å². The Bertz CT molecular complexity index is 3930. The average Bonchev–Trinajstić information content (AvgIpc) is 3.93. The lowest BCUT2D eigenvalue weighted by molar-refractivity contribution is 0.670. The van der Waals surface area contributed by atoms with Crippen LogP contribution in [-0.4, -0.2) is 4.57 Å². The maximum atomic E-state index is 6.60. The fraction of sp³-hybridized carbons (Fsp3) is 0. The van der Waals surface area contributed by atoms with Crippen molar-refractivity contribution in [2.75, 3.05) is 4.90 Å². The van der Waals surface area contributed by atoms with Crippen molar-refractivity contribution in [3.05, 3.63) is 243 Å². The molecule has 2 heterocycles. The van der Waals surface area contributed by atoms with Crippen LogP contribution in [0, 0.1) is 0 Å². The summed E-state index contributed by atoms with van der Waals surface area (Å²) >= 11 is 0. The maximum Gasteiger partial charge on any atom is 0.143 e. The monoisotopic (exact) mass is 828 g/mol. The first-order valence-corrected chi connectivity index (χ1v) is 22.3. The molecular formula is C62H40N2O. The second kappa shape index (κ2) is 15.0. The SMILES string of the molecule is c1ccc(-c2cccc3cccc(-c4ccc(N(c5cccc(-c6cccc7c6oc6ccccc67)c5)c5cc6c(c7ccccc57)c5ccccc5n6-c5ccccc5)cc4)c23)cc1. The topological polar surface area (TPSA) is 21.3 Å². The summed E-state index contributed by atoms with van der Waals surface area (Å²) in [6.45, 7) is 0. The highest BCUT2D eigenvalue weighted by atomic mass is 16.3. The van der Waals surface area contributed by atoms with E-state index in [4.69, 9.17) is 4.42 Å². The van der Waals surface area contributed by atoms with Gasteiger partial charge in [0.2, 0.25) is 0 Å². The molecule has 3 heteroatoms. The van der Waals surface area contributed by atoms with Crippen molar-refractivity contribution in [3.63, 3.8) is 0 Å². The quantitative estimate of drug-likeness (QED) is 0.160. The van der Waals surface area contributed by atoms with Crippen LogP contribution in [0.4, 0.5) is 17.1 Å². The van der Waals surface area contributed by atoms with Gasteiger partial charge in [-0.05, 0) is 98.6 Å². The number of hydrogen-bond acceptors (Lipinski definition) is 2. The molecule has 2 aromatic heterocycles. The van der Waals surface area contributed by atoms with Gasteiger partial charge in [0, 0.05) is 49.6 Å². The molecule has 13 aromatic rings. The number of furan rings is 1. The summed E-state index contributed by atoms with van der Waals surface area (Å²) in [6.07, 6.45) is 0. The van der Waals surface area contributed by atoms with Gasteiger partial charge in [-0.2, -0.15) is 0 Å². The molecule has 0 N–H and O–H groups in total. The van der Waals surface area contributed by atoms with Gasteiger partial charge in [-0.15, -0.1) is 0 Å². The average molecular weight is 829 g/mol. The molecular weight excluding hydrogens is 789 g/mol. The second-order valence-corrected chi connectivity index (χ2v) is 16.8. The third kappa shape index (κ3) is 5.97. The summed E-state index contributed by atoms with van der Waals surface area (Å²) in [4.78, 5) is 2.44. The Hall–Kier alpha value is -8.66. The normalized spacial score (nSPS) is 11.7. The van der Waals surface area contributed by atoms with Gasteiger partial charge in [-0.3, -0.25) is 0 Å². The molecule has 0 fully saturated rings. The van der Waals surface area contributed by atoms with Gasteiger partial charge in [0.15, 0.2) is 0 Å². The van der Waals surface area contributed by atoms with E-state index in [1.54, 1.807) is 0 Å². The van der Waals surface area contributed by atoms with Crippen molar-refractivity contribution in [1.29, 1.82) is 0 Å². The zero-order valence-corrected chi connectivity index (χ0v) is 35.4. The Morgan fingerprint density at radius 3 is 1.71 bits per heavy atom. The molecule has 0 unspecified atom stereocenters. The molecule has 0 bridgehead atoms. The van der Waals surface area contributed by atoms with Crippen LogP contribution >= 0.6 is 0 Å². The van der Waals surface area contributed by atoms with Gasteiger partial charge in [-0.25, -0.2) is 0 Å². The number of aromatic nitrogens is 1. The van der Waals surface area contributed by atoms with Gasteiger partial charge < -0.3 is 13.9 Å². The molecule has 0 saturated heterocycles. The Kier molecular flexibility index (Phi) is 8.53. The van der Waals surface area contributed by atoms with Crippen LogP contribution in [0.1, 0.15) is 0 Å². The lowest BCUT2D eigenvalue weighted by Gasteiger charge is -2.28. The fourth-order valence-corrected chi connectivity index (χ4v) is 10.3. The second-order valence-electron chi connectivity index (χ2n) is 16.8. The molecule has 11 aromatic carbocycles.